The lowest BCUT2D eigenvalue weighted by atomic mass is 9.97. The van der Waals surface area contributed by atoms with Gasteiger partial charge in [-0.25, -0.2) is 0 Å². The second-order valence-corrected chi connectivity index (χ2v) is 4.67. The van der Waals surface area contributed by atoms with Gasteiger partial charge in [0.05, 0.1) is 0 Å². The Labute approximate surface area is 107 Å². The number of hydrogen-bond donors (Lipinski definition) is 0. The molecule has 0 N–H and O–H groups in total. The van der Waals surface area contributed by atoms with E-state index in [4.69, 9.17) is 0 Å². The van der Waals surface area contributed by atoms with Crippen LogP contribution >= 0.6 is 0 Å². The molecule has 0 saturated carbocycles. The Kier molecular flexibility index (Phi) is 1.92. The normalized spacial score (nSPS) is 19.1. The molecule has 0 radical (unpaired) electrons. The molecule has 0 spiro atoms. The first-order chi connectivity index (χ1) is 8.93. The first-order valence-electron chi connectivity index (χ1n) is 6.23. The molecule has 0 aliphatic heterocycles. The predicted octanol–water partition coefficient (Wildman–Crippen LogP) is 4.65. The minimum absolute atomic E-state index is 1.32. The van der Waals surface area contributed by atoms with Crippen molar-refractivity contribution in [2.45, 2.75) is 0 Å². The van der Waals surface area contributed by atoms with Crippen molar-refractivity contribution in [1.29, 1.82) is 0 Å². The standard InChI is InChI=1S/C18H12/c1-3-7-15-13(5-1)9-11-17(15)18-12-10-14-6-2-4-8-16(14)18/h1-12H/b18-17-. The van der Waals surface area contributed by atoms with Gasteiger partial charge < -0.3 is 0 Å². The summed E-state index contributed by atoms with van der Waals surface area (Å²) < 4.78 is 0. The van der Waals surface area contributed by atoms with Gasteiger partial charge in [0.15, 0.2) is 0 Å². The van der Waals surface area contributed by atoms with Crippen LogP contribution in [0.4, 0.5) is 0 Å². The average molecular weight is 228 g/mol. The van der Waals surface area contributed by atoms with Crippen LogP contribution in [0.5, 0.6) is 0 Å². The molecule has 0 heterocycles. The summed E-state index contributed by atoms with van der Waals surface area (Å²) >= 11 is 0. The van der Waals surface area contributed by atoms with E-state index < -0.39 is 0 Å². The topological polar surface area (TPSA) is 0 Å². The first-order valence-corrected chi connectivity index (χ1v) is 6.23. The Morgan fingerprint density at radius 3 is 1.39 bits per heavy atom. The van der Waals surface area contributed by atoms with Crippen LogP contribution in [0.15, 0.2) is 60.7 Å². The molecule has 0 bridgehead atoms. The maximum atomic E-state index is 2.23. The van der Waals surface area contributed by atoms with E-state index in [0.29, 0.717) is 0 Å². The molecule has 4 rings (SSSR count). The van der Waals surface area contributed by atoms with Crippen LogP contribution < -0.4 is 0 Å². The summed E-state index contributed by atoms with van der Waals surface area (Å²) in [7, 11) is 0. The van der Waals surface area contributed by atoms with Crippen molar-refractivity contribution in [1.82, 2.24) is 0 Å². The predicted molar refractivity (Wildman–Crippen MR) is 77.8 cm³/mol. The maximum absolute atomic E-state index is 2.23. The van der Waals surface area contributed by atoms with Crippen molar-refractivity contribution in [2.24, 2.45) is 0 Å². The SMILES string of the molecule is C1=Cc2ccccc2/C1=C1/C=Cc2ccccc21. The lowest BCUT2D eigenvalue weighted by Crippen LogP contribution is -1.86. The van der Waals surface area contributed by atoms with Gasteiger partial charge in [0.2, 0.25) is 0 Å². The molecular weight excluding hydrogens is 216 g/mol. The van der Waals surface area contributed by atoms with Crippen LogP contribution in [0.2, 0.25) is 0 Å². The van der Waals surface area contributed by atoms with Crippen LogP contribution in [-0.4, -0.2) is 0 Å². The van der Waals surface area contributed by atoms with E-state index in [1.54, 1.807) is 0 Å². The molecule has 0 saturated heterocycles. The monoisotopic (exact) mass is 228 g/mol. The fraction of sp³-hybridized carbons (Fsp3) is 0. The van der Waals surface area contributed by atoms with Crippen LogP contribution in [0.1, 0.15) is 22.3 Å². The molecule has 2 aromatic carbocycles. The zero-order valence-corrected chi connectivity index (χ0v) is 9.93. The maximum Gasteiger partial charge on any atom is -0.00990 e. The third-order valence-corrected chi connectivity index (χ3v) is 3.65. The lowest BCUT2D eigenvalue weighted by Gasteiger charge is -2.06. The van der Waals surface area contributed by atoms with Gasteiger partial charge in [-0.15, -0.1) is 0 Å². The summed E-state index contributed by atoms with van der Waals surface area (Å²) in [4.78, 5) is 0. The minimum Gasteiger partial charge on any atom is -0.0616 e. The minimum atomic E-state index is 1.32. The third-order valence-electron chi connectivity index (χ3n) is 3.65. The fourth-order valence-electron chi connectivity index (χ4n) is 2.77. The Bertz CT molecular complexity index is 664. The van der Waals surface area contributed by atoms with Crippen LogP contribution in [0.25, 0.3) is 23.3 Å². The molecule has 0 atom stereocenters. The van der Waals surface area contributed by atoms with Gasteiger partial charge in [-0.3, -0.25) is 0 Å². The van der Waals surface area contributed by atoms with Crippen molar-refractivity contribution in [3.63, 3.8) is 0 Å². The second-order valence-electron chi connectivity index (χ2n) is 4.67. The molecule has 0 amide bonds. The van der Waals surface area contributed by atoms with Gasteiger partial charge >= 0.3 is 0 Å². The number of rotatable bonds is 0. The third kappa shape index (κ3) is 1.26. The van der Waals surface area contributed by atoms with Crippen LogP contribution in [0.3, 0.4) is 0 Å². The summed E-state index contributed by atoms with van der Waals surface area (Å²) in [5, 5.41) is 0. The average Bonchev–Trinajstić information content (AvgIpc) is 3.01. The Hall–Kier alpha value is -2.34. The van der Waals surface area contributed by atoms with Gasteiger partial charge in [-0.2, -0.15) is 0 Å². The number of allylic oxidation sites excluding steroid dienone is 4. The van der Waals surface area contributed by atoms with E-state index in [9.17, 15) is 0 Å². The van der Waals surface area contributed by atoms with Gasteiger partial charge in [0.25, 0.3) is 0 Å². The smallest absolute Gasteiger partial charge is 0.00990 e. The van der Waals surface area contributed by atoms with E-state index >= 15 is 0 Å². The molecule has 84 valence electrons. The molecule has 0 unspecified atom stereocenters. The van der Waals surface area contributed by atoms with Crippen molar-refractivity contribution < 1.29 is 0 Å². The zero-order valence-electron chi connectivity index (χ0n) is 9.93. The highest BCUT2D eigenvalue weighted by Gasteiger charge is 2.18. The molecule has 2 aliphatic carbocycles. The molecule has 0 heteroatoms. The van der Waals surface area contributed by atoms with Crippen molar-refractivity contribution in [3.8, 4) is 0 Å². The first kappa shape index (κ1) is 9.67. The van der Waals surface area contributed by atoms with Gasteiger partial charge in [0.1, 0.15) is 0 Å². The Morgan fingerprint density at radius 1 is 0.444 bits per heavy atom. The Balaban J connectivity index is 1.99. The van der Waals surface area contributed by atoms with Crippen molar-refractivity contribution in [2.75, 3.05) is 0 Å². The van der Waals surface area contributed by atoms with Crippen molar-refractivity contribution in [3.05, 3.63) is 82.9 Å². The zero-order chi connectivity index (χ0) is 11.9. The van der Waals surface area contributed by atoms with Crippen LogP contribution in [-0.2, 0) is 0 Å². The fourth-order valence-corrected chi connectivity index (χ4v) is 2.77. The molecule has 0 aromatic heterocycles. The highest BCUT2D eigenvalue weighted by atomic mass is 14.2. The van der Waals surface area contributed by atoms with Gasteiger partial charge in [-0.05, 0) is 33.4 Å². The lowest BCUT2D eigenvalue weighted by molar-refractivity contribution is 1.59. The molecule has 0 nitrogen and oxygen atoms in total. The molecule has 0 fully saturated rings. The summed E-state index contributed by atoms with van der Waals surface area (Å²) in [6, 6.07) is 17.1. The van der Waals surface area contributed by atoms with Gasteiger partial charge in [-0.1, -0.05) is 72.8 Å². The number of benzene rings is 2. The number of hydrogen-bond acceptors (Lipinski definition) is 0. The van der Waals surface area contributed by atoms with E-state index in [1.165, 1.54) is 33.4 Å². The molecule has 18 heavy (non-hydrogen) atoms. The van der Waals surface area contributed by atoms with E-state index in [-0.39, 0.29) is 0 Å². The quantitative estimate of drug-likeness (QED) is 0.615. The largest absolute Gasteiger partial charge is 0.0616 e. The highest BCUT2D eigenvalue weighted by molar-refractivity contribution is 6.09. The summed E-state index contributed by atoms with van der Waals surface area (Å²) in [5.41, 5.74) is 8.00. The molecule has 2 aromatic rings. The number of fused-ring (bicyclic) bond motifs is 2. The Morgan fingerprint density at radius 2 is 0.889 bits per heavy atom. The van der Waals surface area contributed by atoms with Crippen LogP contribution in [0, 0.1) is 0 Å². The molecular formula is C18H12. The summed E-state index contributed by atoms with van der Waals surface area (Å²) in [6.45, 7) is 0. The molecule has 2 aliphatic rings. The van der Waals surface area contributed by atoms with E-state index in [1.807, 2.05) is 0 Å². The highest BCUT2D eigenvalue weighted by Crippen LogP contribution is 2.39. The van der Waals surface area contributed by atoms with E-state index in [2.05, 4.69) is 72.8 Å². The van der Waals surface area contributed by atoms with Gasteiger partial charge in [0, 0.05) is 0 Å². The van der Waals surface area contributed by atoms with E-state index in [0.717, 1.165) is 0 Å². The summed E-state index contributed by atoms with van der Waals surface area (Å²) in [6.07, 6.45) is 8.86. The summed E-state index contributed by atoms with van der Waals surface area (Å²) in [5.74, 6) is 0. The van der Waals surface area contributed by atoms with Crippen molar-refractivity contribution >= 4 is 23.3 Å². The second kappa shape index (κ2) is 3.58.